The van der Waals surface area contributed by atoms with Crippen LogP contribution in [0.5, 0.6) is 0 Å². The first-order chi connectivity index (χ1) is 13.3. The molecule has 0 fully saturated rings. The van der Waals surface area contributed by atoms with Crippen LogP contribution in [0.25, 0.3) is 0 Å². The second kappa shape index (κ2) is 16.1. The van der Waals surface area contributed by atoms with Crippen LogP contribution in [0.4, 0.5) is 0 Å². The maximum atomic E-state index is 10.9. The molecule has 7 nitrogen and oxygen atoms in total. The maximum absolute atomic E-state index is 10.9. The van der Waals surface area contributed by atoms with Gasteiger partial charge in [-0.15, -0.1) is 6.58 Å². The minimum Gasteiger partial charge on any atom is -0.550 e. The zero-order valence-corrected chi connectivity index (χ0v) is 17.1. The molecule has 0 rings (SSSR count). The Bertz CT molecular complexity index is 427. The van der Waals surface area contributed by atoms with Gasteiger partial charge < -0.3 is 24.6 Å². The van der Waals surface area contributed by atoms with Crippen LogP contribution >= 0.6 is 0 Å². The Morgan fingerprint density at radius 2 is 1.14 bits per heavy atom. The van der Waals surface area contributed by atoms with Crippen molar-refractivity contribution in [1.82, 2.24) is 0 Å². The van der Waals surface area contributed by atoms with Gasteiger partial charge in [-0.25, -0.2) is 0 Å². The van der Waals surface area contributed by atoms with E-state index in [1.165, 1.54) is 0 Å². The third-order valence-electron chi connectivity index (χ3n) is 5.10. The monoisotopic (exact) mass is 399 g/mol. The van der Waals surface area contributed by atoms with E-state index in [1.807, 2.05) is 6.08 Å². The molecule has 28 heavy (non-hydrogen) atoms. The van der Waals surface area contributed by atoms with Crippen molar-refractivity contribution >= 4 is 17.9 Å². The number of aliphatic carboxylic acids is 3. The van der Waals surface area contributed by atoms with Crippen LogP contribution in [0, 0.1) is 0 Å². The van der Waals surface area contributed by atoms with Gasteiger partial charge in [-0.1, -0.05) is 18.9 Å². The molecular formula is C21H37NO6. The highest BCUT2D eigenvalue weighted by molar-refractivity contribution is 5.66. The summed E-state index contributed by atoms with van der Waals surface area (Å²) in [5.74, 6) is -2.78. The number of nitrogens with zero attached hydrogens (tertiary/aromatic N) is 1. The van der Waals surface area contributed by atoms with Crippen molar-refractivity contribution in [3.05, 3.63) is 12.7 Å². The number of allylic oxidation sites excluding steroid dienone is 1. The SMILES string of the molecule is C=CCCCCCCC[N+](CCCC(=O)[O-])(CCCC(=O)O)CCCC(=O)O. The zero-order valence-electron chi connectivity index (χ0n) is 17.1. The third-order valence-corrected chi connectivity index (χ3v) is 5.10. The molecule has 0 saturated carbocycles. The molecule has 0 aromatic carbocycles. The van der Waals surface area contributed by atoms with E-state index in [1.54, 1.807) is 0 Å². The number of hydrogen-bond acceptors (Lipinski definition) is 4. The topological polar surface area (TPSA) is 115 Å². The number of quaternary nitrogens is 1. The normalized spacial score (nSPS) is 11.3. The molecule has 0 saturated heterocycles. The molecule has 0 spiro atoms. The summed E-state index contributed by atoms with van der Waals surface area (Å²) in [5, 5.41) is 28.7. The lowest BCUT2D eigenvalue weighted by Crippen LogP contribution is -2.51. The highest BCUT2D eigenvalue weighted by Gasteiger charge is 2.26. The van der Waals surface area contributed by atoms with Gasteiger partial charge in [-0.2, -0.15) is 0 Å². The molecule has 0 aliphatic carbocycles. The average Bonchev–Trinajstić information content (AvgIpc) is 2.60. The fourth-order valence-electron chi connectivity index (χ4n) is 3.63. The number of carbonyl (C=O) groups is 3. The van der Waals surface area contributed by atoms with Gasteiger partial charge in [-0.3, -0.25) is 9.59 Å². The first-order valence-corrected chi connectivity index (χ1v) is 10.4. The number of hydrogen-bond donors (Lipinski definition) is 2. The van der Waals surface area contributed by atoms with Crippen LogP contribution in [0.15, 0.2) is 12.7 Å². The molecular weight excluding hydrogens is 362 g/mol. The molecule has 0 atom stereocenters. The highest BCUT2D eigenvalue weighted by atomic mass is 16.4. The molecule has 0 aliphatic heterocycles. The minimum atomic E-state index is -1.09. The highest BCUT2D eigenvalue weighted by Crippen LogP contribution is 2.18. The van der Waals surface area contributed by atoms with Crippen molar-refractivity contribution in [1.29, 1.82) is 0 Å². The summed E-state index contributed by atoms with van der Waals surface area (Å²) < 4.78 is 0.598. The minimum absolute atomic E-state index is 0.0284. The Morgan fingerprint density at radius 3 is 1.61 bits per heavy atom. The van der Waals surface area contributed by atoms with Crippen molar-refractivity contribution in [2.45, 2.75) is 77.0 Å². The molecule has 0 aliphatic rings. The van der Waals surface area contributed by atoms with E-state index in [9.17, 15) is 19.5 Å². The van der Waals surface area contributed by atoms with Crippen LogP contribution in [-0.2, 0) is 14.4 Å². The van der Waals surface area contributed by atoms with Gasteiger partial charge >= 0.3 is 11.9 Å². The van der Waals surface area contributed by atoms with Crippen LogP contribution in [0.2, 0.25) is 0 Å². The van der Waals surface area contributed by atoms with Gasteiger partial charge in [0.1, 0.15) is 0 Å². The van der Waals surface area contributed by atoms with Gasteiger partial charge in [0, 0.05) is 25.2 Å². The Morgan fingerprint density at radius 1 is 0.714 bits per heavy atom. The quantitative estimate of drug-likeness (QED) is 0.185. The number of carboxylic acids is 3. The van der Waals surface area contributed by atoms with Gasteiger partial charge in [0.15, 0.2) is 0 Å². The van der Waals surface area contributed by atoms with Crippen LogP contribution < -0.4 is 5.11 Å². The zero-order chi connectivity index (χ0) is 21.3. The van der Waals surface area contributed by atoms with E-state index in [2.05, 4.69) is 6.58 Å². The molecule has 0 unspecified atom stereocenters. The summed E-state index contributed by atoms with van der Waals surface area (Å²) in [6.07, 6.45) is 9.97. The summed E-state index contributed by atoms with van der Waals surface area (Å²) in [6.45, 7) is 6.43. The molecule has 2 N–H and O–H groups in total. The maximum Gasteiger partial charge on any atom is 0.303 e. The van der Waals surface area contributed by atoms with Crippen LogP contribution in [0.1, 0.15) is 77.0 Å². The molecule has 0 radical (unpaired) electrons. The predicted octanol–water partition coefficient (Wildman–Crippen LogP) is 2.59. The molecule has 0 aromatic heterocycles. The van der Waals surface area contributed by atoms with Gasteiger partial charge in [0.25, 0.3) is 0 Å². The fraction of sp³-hybridized carbons (Fsp3) is 0.762. The predicted molar refractivity (Wildman–Crippen MR) is 106 cm³/mol. The summed E-state index contributed by atoms with van der Waals surface area (Å²) in [5.41, 5.74) is 0. The van der Waals surface area contributed by atoms with Crippen molar-refractivity contribution in [2.24, 2.45) is 0 Å². The number of rotatable bonds is 20. The molecule has 0 heterocycles. The standard InChI is InChI=1S/C21H37NO6/c1-2-3-4-5-6-7-8-15-22(16-9-12-19(23)24,17-10-13-20(25)26)18-11-14-21(27)28/h2H,1,3-18H2,(H2-,23,24,25,26,27,28). The second-order valence-electron chi connectivity index (χ2n) is 7.55. The molecule has 0 bridgehead atoms. The molecule has 0 amide bonds. The van der Waals surface area contributed by atoms with Crippen molar-refractivity contribution in [2.75, 3.05) is 26.2 Å². The number of unbranched alkanes of at least 4 members (excludes halogenated alkanes) is 5. The summed E-state index contributed by atoms with van der Waals surface area (Å²) in [7, 11) is 0. The van der Waals surface area contributed by atoms with Crippen LogP contribution in [-0.4, -0.2) is 58.8 Å². The van der Waals surface area contributed by atoms with E-state index >= 15 is 0 Å². The van der Waals surface area contributed by atoms with E-state index in [0.29, 0.717) is 43.4 Å². The first-order valence-electron chi connectivity index (χ1n) is 10.4. The lowest BCUT2D eigenvalue weighted by Gasteiger charge is -2.39. The van der Waals surface area contributed by atoms with E-state index in [0.717, 1.165) is 45.1 Å². The van der Waals surface area contributed by atoms with Crippen molar-refractivity contribution < 1.29 is 34.2 Å². The Hall–Kier alpha value is -1.89. The third kappa shape index (κ3) is 15.2. The lowest BCUT2D eigenvalue weighted by atomic mass is 10.1. The van der Waals surface area contributed by atoms with Crippen LogP contribution in [0.3, 0.4) is 0 Å². The van der Waals surface area contributed by atoms with E-state index < -0.39 is 17.9 Å². The van der Waals surface area contributed by atoms with Gasteiger partial charge in [0.2, 0.25) is 0 Å². The molecule has 7 heteroatoms. The Kier molecular flexibility index (Phi) is 15.0. The van der Waals surface area contributed by atoms with Crippen molar-refractivity contribution in [3.63, 3.8) is 0 Å². The van der Waals surface area contributed by atoms with E-state index in [-0.39, 0.29) is 19.3 Å². The number of carbonyl (C=O) groups excluding carboxylic acids is 1. The lowest BCUT2D eigenvalue weighted by molar-refractivity contribution is -0.929. The van der Waals surface area contributed by atoms with Gasteiger partial charge in [0.05, 0.1) is 39.0 Å². The molecule has 0 aromatic rings. The smallest absolute Gasteiger partial charge is 0.303 e. The van der Waals surface area contributed by atoms with Gasteiger partial charge in [-0.05, 0) is 32.1 Å². The largest absolute Gasteiger partial charge is 0.550 e. The molecule has 162 valence electrons. The Labute approximate surface area is 168 Å². The van der Waals surface area contributed by atoms with Crippen molar-refractivity contribution in [3.8, 4) is 0 Å². The second-order valence-corrected chi connectivity index (χ2v) is 7.55. The average molecular weight is 400 g/mol. The summed E-state index contributed by atoms with van der Waals surface area (Å²) >= 11 is 0. The summed E-state index contributed by atoms with van der Waals surface area (Å²) in [4.78, 5) is 32.6. The number of carboxylic acid groups (broad SMARTS) is 3. The Balaban J connectivity index is 4.80. The first kappa shape index (κ1) is 26.1. The van der Waals surface area contributed by atoms with E-state index in [4.69, 9.17) is 10.2 Å². The fourth-order valence-corrected chi connectivity index (χ4v) is 3.63. The summed E-state index contributed by atoms with van der Waals surface area (Å²) in [6, 6.07) is 0.